The fourth-order valence-corrected chi connectivity index (χ4v) is 1.52. The molecule has 4 N–H and O–H groups in total. The zero-order valence-corrected chi connectivity index (χ0v) is 9.43. The molecule has 2 rings (SSSR count). The van der Waals surface area contributed by atoms with Gasteiger partial charge in [0, 0.05) is 13.7 Å². The van der Waals surface area contributed by atoms with Gasteiger partial charge in [-0.25, -0.2) is 4.98 Å². The maximum absolute atomic E-state index is 11.7. The van der Waals surface area contributed by atoms with Crippen LogP contribution in [-0.2, 0) is 9.53 Å². The lowest BCUT2D eigenvalue weighted by Gasteiger charge is -2.10. The molecule has 0 aliphatic rings. The number of aromatic amines is 1. The maximum Gasteiger partial charge on any atom is 0.257 e. The number of hydrogen-bond donors (Lipinski definition) is 3. The largest absolute Gasteiger partial charge is 0.370 e. The molecule has 1 atom stereocenters. The van der Waals surface area contributed by atoms with Gasteiger partial charge in [-0.3, -0.25) is 10.1 Å². The Morgan fingerprint density at radius 3 is 3.00 bits per heavy atom. The number of hydrogen-bond acceptors (Lipinski definition) is 4. The first-order valence-electron chi connectivity index (χ1n) is 5.23. The number of nitrogens with two attached hydrogens (primary N) is 1. The van der Waals surface area contributed by atoms with Gasteiger partial charge in [-0.1, -0.05) is 12.1 Å². The van der Waals surface area contributed by atoms with E-state index in [1.165, 1.54) is 7.11 Å². The Bertz CT molecular complexity index is 486. The van der Waals surface area contributed by atoms with Gasteiger partial charge in [0.05, 0.1) is 11.0 Å². The molecule has 0 aliphatic heterocycles. The molecule has 2 aromatic rings. The van der Waals surface area contributed by atoms with E-state index in [0.29, 0.717) is 5.95 Å². The SMILES string of the molecule is COC(CN)C(=O)Nc1nc2ccccc2[nH]1. The fraction of sp³-hybridized carbons (Fsp3) is 0.273. The Morgan fingerprint density at radius 2 is 2.35 bits per heavy atom. The van der Waals surface area contributed by atoms with E-state index in [-0.39, 0.29) is 12.5 Å². The lowest BCUT2D eigenvalue weighted by molar-refractivity contribution is -0.125. The quantitative estimate of drug-likeness (QED) is 0.717. The van der Waals surface area contributed by atoms with E-state index in [4.69, 9.17) is 10.5 Å². The number of rotatable bonds is 4. The van der Waals surface area contributed by atoms with E-state index in [1.807, 2.05) is 24.3 Å². The van der Waals surface area contributed by atoms with E-state index >= 15 is 0 Å². The van der Waals surface area contributed by atoms with Crippen molar-refractivity contribution in [2.24, 2.45) is 5.73 Å². The first-order valence-corrected chi connectivity index (χ1v) is 5.23. The third kappa shape index (κ3) is 2.43. The highest BCUT2D eigenvalue weighted by molar-refractivity contribution is 5.94. The van der Waals surface area contributed by atoms with E-state index in [1.54, 1.807) is 0 Å². The lowest BCUT2D eigenvalue weighted by Crippen LogP contribution is -2.36. The summed E-state index contributed by atoms with van der Waals surface area (Å²) in [5.41, 5.74) is 7.06. The van der Waals surface area contributed by atoms with E-state index in [0.717, 1.165) is 11.0 Å². The Hall–Kier alpha value is -1.92. The van der Waals surface area contributed by atoms with Crippen LogP contribution in [0.1, 0.15) is 0 Å². The monoisotopic (exact) mass is 234 g/mol. The van der Waals surface area contributed by atoms with Crippen LogP contribution in [0, 0.1) is 0 Å². The predicted molar refractivity (Wildman–Crippen MR) is 64.6 cm³/mol. The standard InChI is InChI=1S/C11H14N4O2/c1-17-9(6-12)10(16)15-11-13-7-4-2-3-5-8(7)14-11/h2-5,9H,6,12H2,1H3,(H2,13,14,15,16). The number of methoxy groups -OCH3 is 1. The van der Waals surface area contributed by atoms with Gasteiger partial charge in [0.1, 0.15) is 6.10 Å². The van der Waals surface area contributed by atoms with Crippen LogP contribution >= 0.6 is 0 Å². The molecule has 1 aromatic heterocycles. The topological polar surface area (TPSA) is 93.0 Å². The van der Waals surface area contributed by atoms with Crippen molar-refractivity contribution in [1.82, 2.24) is 9.97 Å². The summed E-state index contributed by atoms with van der Waals surface area (Å²) in [6, 6.07) is 7.52. The molecule has 1 aromatic carbocycles. The second-order valence-electron chi connectivity index (χ2n) is 3.55. The van der Waals surface area contributed by atoms with Crippen molar-refractivity contribution < 1.29 is 9.53 Å². The molecule has 90 valence electrons. The van der Waals surface area contributed by atoms with Gasteiger partial charge >= 0.3 is 0 Å². The maximum atomic E-state index is 11.7. The number of amides is 1. The molecule has 1 unspecified atom stereocenters. The number of ether oxygens (including phenoxy) is 1. The zero-order chi connectivity index (χ0) is 12.3. The van der Waals surface area contributed by atoms with Gasteiger partial charge in [-0.05, 0) is 12.1 Å². The summed E-state index contributed by atoms with van der Waals surface area (Å²) in [6.07, 6.45) is -0.664. The van der Waals surface area contributed by atoms with Crippen molar-refractivity contribution in [3.63, 3.8) is 0 Å². The van der Waals surface area contributed by atoms with Crippen LogP contribution < -0.4 is 11.1 Å². The van der Waals surface area contributed by atoms with Crippen molar-refractivity contribution in [2.75, 3.05) is 19.0 Å². The molecule has 17 heavy (non-hydrogen) atoms. The van der Waals surface area contributed by atoms with Crippen LogP contribution in [0.2, 0.25) is 0 Å². The number of H-pyrrole nitrogens is 1. The van der Waals surface area contributed by atoms with E-state index in [9.17, 15) is 4.79 Å². The molecular formula is C11H14N4O2. The number of imidazole rings is 1. The van der Waals surface area contributed by atoms with E-state index < -0.39 is 6.10 Å². The molecule has 0 saturated heterocycles. The van der Waals surface area contributed by atoms with Crippen LogP contribution in [0.4, 0.5) is 5.95 Å². The Balaban J connectivity index is 2.15. The zero-order valence-electron chi connectivity index (χ0n) is 9.43. The molecule has 6 nitrogen and oxygen atoms in total. The first kappa shape index (κ1) is 11.6. The summed E-state index contributed by atoms with van der Waals surface area (Å²) in [6.45, 7) is 0.128. The number of anilines is 1. The molecule has 1 heterocycles. The Morgan fingerprint density at radius 1 is 1.59 bits per heavy atom. The van der Waals surface area contributed by atoms with Gasteiger partial charge < -0.3 is 15.5 Å². The minimum atomic E-state index is -0.664. The summed E-state index contributed by atoms with van der Waals surface area (Å²) in [7, 11) is 1.44. The highest BCUT2D eigenvalue weighted by Crippen LogP contribution is 2.13. The van der Waals surface area contributed by atoms with Crippen LogP contribution in [-0.4, -0.2) is 35.6 Å². The molecule has 0 fully saturated rings. The number of nitrogens with zero attached hydrogens (tertiary/aromatic N) is 1. The van der Waals surface area contributed by atoms with Crippen molar-refractivity contribution in [3.8, 4) is 0 Å². The van der Waals surface area contributed by atoms with E-state index in [2.05, 4.69) is 15.3 Å². The molecule has 0 aliphatic carbocycles. The second-order valence-corrected chi connectivity index (χ2v) is 3.55. The predicted octanol–water partition coefficient (Wildman–Crippen LogP) is 0.475. The number of nitrogens with one attached hydrogen (secondary N) is 2. The number of benzene rings is 1. The number of carbonyl (C=O) groups excluding carboxylic acids is 1. The fourth-order valence-electron chi connectivity index (χ4n) is 1.52. The summed E-state index contributed by atoms with van der Waals surface area (Å²) in [5.74, 6) is 0.0840. The summed E-state index contributed by atoms with van der Waals surface area (Å²) >= 11 is 0. The minimum Gasteiger partial charge on any atom is -0.370 e. The first-order chi connectivity index (χ1) is 8.24. The van der Waals surface area contributed by atoms with Gasteiger partial charge in [-0.15, -0.1) is 0 Å². The van der Waals surface area contributed by atoms with Crippen molar-refractivity contribution in [1.29, 1.82) is 0 Å². The summed E-state index contributed by atoms with van der Waals surface area (Å²) in [5, 5.41) is 2.62. The van der Waals surface area contributed by atoms with Crippen LogP contribution in [0.15, 0.2) is 24.3 Å². The normalized spacial score (nSPS) is 12.6. The number of carbonyl (C=O) groups is 1. The van der Waals surface area contributed by atoms with Crippen LogP contribution in [0.3, 0.4) is 0 Å². The smallest absolute Gasteiger partial charge is 0.257 e. The number of fused-ring (bicyclic) bond motifs is 1. The highest BCUT2D eigenvalue weighted by atomic mass is 16.5. The number of aromatic nitrogens is 2. The molecule has 1 amide bonds. The van der Waals surface area contributed by atoms with Crippen molar-refractivity contribution in [3.05, 3.63) is 24.3 Å². The molecule has 0 bridgehead atoms. The number of para-hydroxylation sites is 2. The van der Waals surface area contributed by atoms with Crippen LogP contribution in [0.5, 0.6) is 0 Å². The van der Waals surface area contributed by atoms with Crippen molar-refractivity contribution in [2.45, 2.75) is 6.10 Å². The summed E-state index contributed by atoms with van der Waals surface area (Å²) < 4.78 is 4.93. The summed E-state index contributed by atoms with van der Waals surface area (Å²) in [4.78, 5) is 18.9. The highest BCUT2D eigenvalue weighted by Gasteiger charge is 2.16. The van der Waals surface area contributed by atoms with Gasteiger partial charge in [0.25, 0.3) is 5.91 Å². The van der Waals surface area contributed by atoms with Crippen molar-refractivity contribution >= 4 is 22.9 Å². The van der Waals surface area contributed by atoms with Gasteiger partial charge in [-0.2, -0.15) is 0 Å². The third-order valence-corrected chi connectivity index (χ3v) is 2.42. The lowest BCUT2D eigenvalue weighted by atomic mass is 10.3. The second kappa shape index (κ2) is 4.94. The van der Waals surface area contributed by atoms with Gasteiger partial charge in [0.15, 0.2) is 0 Å². The minimum absolute atomic E-state index is 0.128. The third-order valence-electron chi connectivity index (χ3n) is 2.42. The molecule has 0 radical (unpaired) electrons. The van der Waals surface area contributed by atoms with Crippen LogP contribution in [0.25, 0.3) is 11.0 Å². The average molecular weight is 234 g/mol. The average Bonchev–Trinajstić information content (AvgIpc) is 2.72. The Kier molecular flexibility index (Phi) is 3.36. The molecule has 0 spiro atoms. The Labute approximate surface area is 98.2 Å². The molecule has 6 heteroatoms. The molecule has 0 saturated carbocycles. The van der Waals surface area contributed by atoms with Gasteiger partial charge in [0.2, 0.25) is 5.95 Å². The molecular weight excluding hydrogens is 220 g/mol.